The van der Waals surface area contributed by atoms with Gasteiger partial charge in [0.1, 0.15) is 12.0 Å². The first kappa shape index (κ1) is 19.4. The van der Waals surface area contributed by atoms with E-state index < -0.39 is 6.17 Å². The second kappa shape index (κ2) is 8.52. The van der Waals surface area contributed by atoms with Gasteiger partial charge in [-0.05, 0) is 18.4 Å². The van der Waals surface area contributed by atoms with E-state index in [4.69, 9.17) is 0 Å². The molecule has 3 rings (SSSR count). The highest BCUT2D eigenvalue weighted by atomic mass is 19.1. The van der Waals surface area contributed by atoms with Gasteiger partial charge in [-0.1, -0.05) is 30.3 Å². The summed E-state index contributed by atoms with van der Waals surface area (Å²) in [5, 5.41) is 0. The van der Waals surface area contributed by atoms with Gasteiger partial charge in [-0.25, -0.2) is 9.18 Å². The van der Waals surface area contributed by atoms with Crippen molar-refractivity contribution in [2.24, 2.45) is 14.1 Å². The first-order valence-electron chi connectivity index (χ1n) is 9.38. The Bertz CT molecular complexity index is 870. The average molecular weight is 374 g/mol. The minimum absolute atomic E-state index is 0.305. The van der Waals surface area contributed by atoms with Gasteiger partial charge < -0.3 is 4.90 Å². The zero-order valence-electron chi connectivity index (χ0n) is 16.0. The van der Waals surface area contributed by atoms with Crippen molar-refractivity contribution in [2.45, 2.75) is 19.0 Å². The molecule has 0 radical (unpaired) electrons. The molecule has 146 valence electrons. The SMILES string of the molecule is Cn1c(N2CCN(CC(F)CCc3ccccc3)CC2)cc(=O)n(C)c1=O. The van der Waals surface area contributed by atoms with Crippen molar-refractivity contribution in [1.29, 1.82) is 0 Å². The number of hydrogen-bond acceptors (Lipinski definition) is 4. The molecule has 0 saturated carbocycles. The first-order valence-corrected chi connectivity index (χ1v) is 9.38. The van der Waals surface area contributed by atoms with Gasteiger partial charge in [0.25, 0.3) is 5.56 Å². The van der Waals surface area contributed by atoms with Crippen LogP contribution in [0.2, 0.25) is 0 Å². The van der Waals surface area contributed by atoms with E-state index >= 15 is 0 Å². The number of rotatable bonds is 6. The molecular formula is C20H27FN4O2. The van der Waals surface area contributed by atoms with Crippen molar-refractivity contribution < 1.29 is 4.39 Å². The number of benzene rings is 1. The number of hydrogen-bond donors (Lipinski definition) is 0. The highest BCUT2D eigenvalue weighted by Crippen LogP contribution is 2.14. The average Bonchev–Trinajstić information content (AvgIpc) is 2.69. The summed E-state index contributed by atoms with van der Waals surface area (Å²) in [5.74, 6) is 0.628. The molecule has 2 heterocycles. The second-order valence-electron chi connectivity index (χ2n) is 7.15. The van der Waals surface area contributed by atoms with Crippen LogP contribution >= 0.6 is 0 Å². The lowest BCUT2D eigenvalue weighted by molar-refractivity contribution is 0.176. The molecule has 1 aromatic heterocycles. The molecule has 1 atom stereocenters. The van der Waals surface area contributed by atoms with Crippen molar-refractivity contribution >= 4 is 5.82 Å². The summed E-state index contributed by atoms with van der Waals surface area (Å²) in [4.78, 5) is 28.1. The van der Waals surface area contributed by atoms with E-state index in [1.54, 1.807) is 7.05 Å². The van der Waals surface area contributed by atoms with Crippen molar-refractivity contribution in [1.82, 2.24) is 14.0 Å². The van der Waals surface area contributed by atoms with Gasteiger partial charge in [-0.15, -0.1) is 0 Å². The fraction of sp³-hybridized carbons (Fsp3) is 0.500. The van der Waals surface area contributed by atoms with Crippen molar-refractivity contribution in [3.63, 3.8) is 0 Å². The van der Waals surface area contributed by atoms with Crippen molar-refractivity contribution in [2.75, 3.05) is 37.6 Å². The summed E-state index contributed by atoms with van der Waals surface area (Å²) in [6.45, 7) is 3.21. The van der Waals surface area contributed by atoms with Gasteiger partial charge >= 0.3 is 5.69 Å². The molecule has 0 bridgehead atoms. The zero-order valence-corrected chi connectivity index (χ0v) is 16.0. The largest absolute Gasteiger partial charge is 0.355 e. The van der Waals surface area contributed by atoms with Gasteiger partial charge in [-0.3, -0.25) is 18.8 Å². The minimum Gasteiger partial charge on any atom is -0.355 e. The topological polar surface area (TPSA) is 50.5 Å². The number of nitrogens with zero attached hydrogens (tertiary/aromatic N) is 4. The highest BCUT2D eigenvalue weighted by Gasteiger charge is 2.22. The molecule has 1 saturated heterocycles. The summed E-state index contributed by atoms with van der Waals surface area (Å²) in [7, 11) is 3.15. The van der Waals surface area contributed by atoms with Gasteiger partial charge in [0.15, 0.2) is 0 Å². The summed E-state index contributed by atoms with van der Waals surface area (Å²) >= 11 is 0. The van der Waals surface area contributed by atoms with Crippen LogP contribution in [0.5, 0.6) is 0 Å². The van der Waals surface area contributed by atoms with E-state index in [-0.39, 0.29) is 11.2 Å². The Morgan fingerprint density at radius 1 is 1.00 bits per heavy atom. The molecule has 6 nitrogen and oxygen atoms in total. The lowest BCUT2D eigenvalue weighted by atomic mass is 10.1. The maximum absolute atomic E-state index is 14.4. The molecule has 7 heteroatoms. The number of halogens is 1. The lowest BCUT2D eigenvalue weighted by Gasteiger charge is -2.37. The molecule has 0 spiro atoms. The van der Waals surface area contributed by atoms with E-state index in [9.17, 15) is 14.0 Å². The van der Waals surface area contributed by atoms with E-state index in [2.05, 4.69) is 4.90 Å². The predicted molar refractivity (Wildman–Crippen MR) is 105 cm³/mol. The van der Waals surface area contributed by atoms with Crippen LogP contribution in [0, 0.1) is 0 Å². The molecule has 1 fully saturated rings. The third kappa shape index (κ3) is 4.66. The fourth-order valence-corrected chi connectivity index (χ4v) is 3.52. The van der Waals surface area contributed by atoms with Crippen LogP contribution < -0.4 is 16.1 Å². The van der Waals surface area contributed by atoms with E-state index in [1.165, 1.54) is 17.7 Å². The lowest BCUT2D eigenvalue weighted by Crippen LogP contribution is -2.50. The van der Waals surface area contributed by atoms with Crippen molar-refractivity contribution in [3.05, 3.63) is 62.8 Å². The van der Waals surface area contributed by atoms with Crippen LogP contribution in [-0.2, 0) is 20.5 Å². The Morgan fingerprint density at radius 2 is 1.67 bits per heavy atom. The Morgan fingerprint density at radius 3 is 2.33 bits per heavy atom. The normalized spacial score (nSPS) is 16.5. The number of alkyl halides is 1. The minimum atomic E-state index is -0.856. The van der Waals surface area contributed by atoms with Crippen LogP contribution in [0.1, 0.15) is 12.0 Å². The maximum Gasteiger partial charge on any atom is 0.332 e. The maximum atomic E-state index is 14.4. The summed E-state index contributed by atoms with van der Waals surface area (Å²) < 4.78 is 17.0. The van der Waals surface area contributed by atoms with Crippen molar-refractivity contribution in [3.8, 4) is 0 Å². The summed E-state index contributed by atoms with van der Waals surface area (Å²) in [6, 6.07) is 11.5. The molecule has 27 heavy (non-hydrogen) atoms. The molecule has 2 aromatic rings. The Labute approximate surface area is 158 Å². The first-order chi connectivity index (χ1) is 13.0. The highest BCUT2D eigenvalue weighted by molar-refractivity contribution is 5.38. The standard InChI is InChI=1S/C20H27FN4O2/c1-22-18(14-19(26)23(2)20(22)27)25-12-10-24(11-13-25)15-17(21)9-8-16-6-4-3-5-7-16/h3-7,14,17H,8-13,15H2,1-2H3. The Hall–Kier alpha value is -2.41. The Kier molecular flexibility index (Phi) is 6.11. The molecule has 1 aromatic carbocycles. The fourth-order valence-electron chi connectivity index (χ4n) is 3.52. The van der Waals surface area contributed by atoms with Crippen LogP contribution in [0.4, 0.5) is 10.2 Å². The second-order valence-corrected chi connectivity index (χ2v) is 7.15. The molecular weight excluding hydrogens is 347 g/mol. The monoisotopic (exact) mass is 374 g/mol. The van der Waals surface area contributed by atoms with Gasteiger partial charge in [0.05, 0.1) is 0 Å². The van der Waals surface area contributed by atoms with E-state index in [1.807, 2.05) is 35.2 Å². The molecule has 1 aliphatic rings. The number of piperazine rings is 1. The van der Waals surface area contributed by atoms with Gasteiger partial charge in [-0.2, -0.15) is 0 Å². The third-order valence-electron chi connectivity index (χ3n) is 5.24. The quantitative estimate of drug-likeness (QED) is 0.762. The summed E-state index contributed by atoms with van der Waals surface area (Å²) in [5.41, 5.74) is 0.529. The molecule has 0 N–H and O–H groups in total. The van der Waals surface area contributed by atoms with Gasteiger partial charge in [0, 0.05) is 52.9 Å². The predicted octanol–water partition coefficient (Wildman–Crippen LogP) is 1.18. The molecule has 0 amide bonds. The van der Waals surface area contributed by atoms with Crippen LogP contribution in [0.15, 0.2) is 46.0 Å². The van der Waals surface area contributed by atoms with Crippen LogP contribution in [0.3, 0.4) is 0 Å². The van der Waals surface area contributed by atoms with E-state index in [0.29, 0.717) is 31.9 Å². The number of aromatic nitrogens is 2. The third-order valence-corrected chi connectivity index (χ3v) is 5.24. The van der Waals surface area contributed by atoms with E-state index in [0.717, 1.165) is 29.6 Å². The van der Waals surface area contributed by atoms with Crippen LogP contribution in [0.25, 0.3) is 0 Å². The number of anilines is 1. The molecule has 1 aliphatic heterocycles. The van der Waals surface area contributed by atoms with Gasteiger partial charge in [0.2, 0.25) is 0 Å². The zero-order chi connectivity index (χ0) is 19.4. The molecule has 1 unspecified atom stereocenters. The summed E-state index contributed by atoms with van der Waals surface area (Å²) in [6.07, 6.45) is 0.412. The Balaban J connectivity index is 1.52. The smallest absolute Gasteiger partial charge is 0.332 e. The number of aryl methyl sites for hydroxylation is 1. The van der Waals surface area contributed by atoms with Crippen LogP contribution in [-0.4, -0.2) is 52.9 Å². The molecule has 0 aliphatic carbocycles.